The minimum absolute atomic E-state index is 0.0148. The third-order valence-corrected chi connectivity index (χ3v) is 7.26. The number of benzene rings is 2. The van der Waals surface area contributed by atoms with Crippen LogP contribution in [0.15, 0.2) is 52.4 Å². The van der Waals surface area contributed by atoms with E-state index >= 15 is 0 Å². The van der Waals surface area contributed by atoms with Crippen LogP contribution in [0.2, 0.25) is 0 Å². The summed E-state index contributed by atoms with van der Waals surface area (Å²) in [5, 5.41) is 0. The van der Waals surface area contributed by atoms with Crippen LogP contribution >= 0.6 is 11.3 Å². The van der Waals surface area contributed by atoms with E-state index in [0.717, 1.165) is 4.70 Å². The molecule has 8 nitrogen and oxygen atoms in total. The largest absolute Gasteiger partial charge is 0.497 e. The number of sulfone groups is 1. The molecule has 158 valence electrons. The van der Waals surface area contributed by atoms with Gasteiger partial charge in [0, 0.05) is 0 Å². The Kier molecular flexibility index (Phi) is 6.37. The Labute approximate surface area is 177 Å². The lowest BCUT2D eigenvalue weighted by Crippen LogP contribution is -2.22. The van der Waals surface area contributed by atoms with Gasteiger partial charge in [0.25, 0.3) is 5.91 Å². The van der Waals surface area contributed by atoms with E-state index in [0.29, 0.717) is 11.3 Å². The Morgan fingerprint density at radius 2 is 1.87 bits per heavy atom. The summed E-state index contributed by atoms with van der Waals surface area (Å²) in [5.74, 6) is -0.734. The monoisotopic (exact) mass is 448 g/mol. The van der Waals surface area contributed by atoms with Crippen LogP contribution in [-0.2, 0) is 25.9 Å². The first-order chi connectivity index (χ1) is 14.3. The molecular formula is C20H20N2O6S2. The van der Waals surface area contributed by atoms with Gasteiger partial charge in [-0.25, -0.2) is 8.42 Å². The molecule has 0 fully saturated rings. The second-order valence-corrected chi connectivity index (χ2v) is 9.45. The molecule has 0 radical (unpaired) electrons. The standard InChI is InChI=1S/C20H20N2O6S2/c1-4-30(25,26)17-8-6-5-7-14(17)19(24)21-20-22(12-18(23)28-3)15-10-9-13(27-2)11-16(15)29-20/h5-11H,4,12H2,1-3H3. The quantitative estimate of drug-likeness (QED) is 0.537. The SMILES string of the molecule is CCS(=O)(=O)c1ccccc1C(=O)N=c1sc2cc(OC)ccc2n1CC(=O)OC. The number of amides is 1. The van der Waals surface area contributed by atoms with Gasteiger partial charge in [-0.3, -0.25) is 9.59 Å². The number of esters is 1. The number of fused-ring (bicyclic) bond motifs is 1. The van der Waals surface area contributed by atoms with Crippen LogP contribution in [0, 0.1) is 0 Å². The number of rotatable bonds is 6. The van der Waals surface area contributed by atoms with Gasteiger partial charge in [-0.15, -0.1) is 0 Å². The summed E-state index contributed by atoms with van der Waals surface area (Å²) in [6, 6.07) is 11.2. The lowest BCUT2D eigenvalue weighted by Gasteiger charge is -2.06. The normalized spacial score (nSPS) is 12.2. The summed E-state index contributed by atoms with van der Waals surface area (Å²) < 4.78 is 37.0. The second-order valence-electron chi connectivity index (χ2n) is 6.20. The Bertz CT molecular complexity index is 1290. The first kappa shape index (κ1) is 21.7. The predicted octanol–water partition coefficient (Wildman–Crippen LogP) is 2.42. The molecule has 3 aromatic rings. The number of aromatic nitrogens is 1. The lowest BCUT2D eigenvalue weighted by atomic mass is 10.2. The second kappa shape index (κ2) is 8.80. The van der Waals surface area contributed by atoms with E-state index in [4.69, 9.17) is 9.47 Å². The molecule has 0 aliphatic rings. The number of carbonyl (C=O) groups excluding carboxylic acids is 2. The van der Waals surface area contributed by atoms with Gasteiger partial charge in [0.15, 0.2) is 14.6 Å². The number of hydrogen-bond acceptors (Lipinski definition) is 7. The van der Waals surface area contributed by atoms with Crippen molar-refractivity contribution in [1.29, 1.82) is 0 Å². The minimum Gasteiger partial charge on any atom is -0.497 e. The van der Waals surface area contributed by atoms with E-state index in [1.54, 1.807) is 34.9 Å². The lowest BCUT2D eigenvalue weighted by molar-refractivity contribution is -0.141. The highest BCUT2D eigenvalue weighted by molar-refractivity contribution is 7.91. The van der Waals surface area contributed by atoms with Crippen LogP contribution in [0.5, 0.6) is 5.75 Å². The molecule has 1 heterocycles. The van der Waals surface area contributed by atoms with Crippen molar-refractivity contribution in [2.45, 2.75) is 18.4 Å². The Balaban J connectivity index is 2.20. The first-order valence-corrected chi connectivity index (χ1v) is 11.4. The van der Waals surface area contributed by atoms with Crippen LogP contribution < -0.4 is 9.54 Å². The van der Waals surface area contributed by atoms with E-state index in [-0.39, 0.29) is 27.6 Å². The average molecular weight is 449 g/mol. The number of nitrogens with zero attached hydrogens (tertiary/aromatic N) is 2. The maximum absolute atomic E-state index is 12.9. The van der Waals surface area contributed by atoms with Gasteiger partial charge in [-0.05, 0) is 30.3 Å². The molecular weight excluding hydrogens is 428 g/mol. The molecule has 0 aliphatic carbocycles. The van der Waals surface area contributed by atoms with Crippen molar-refractivity contribution >= 4 is 43.3 Å². The molecule has 0 aliphatic heterocycles. The highest BCUT2D eigenvalue weighted by atomic mass is 32.2. The number of thiazole rings is 1. The van der Waals surface area contributed by atoms with Gasteiger partial charge in [-0.2, -0.15) is 4.99 Å². The smallest absolute Gasteiger partial charge is 0.325 e. The summed E-state index contributed by atoms with van der Waals surface area (Å²) in [5.41, 5.74) is 0.659. The molecule has 30 heavy (non-hydrogen) atoms. The maximum atomic E-state index is 12.9. The number of hydrogen-bond donors (Lipinski definition) is 0. The third kappa shape index (κ3) is 4.29. The molecule has 0 saturated heterocycles. The minimum atomic E-state index is -3.61. The Hall–Kier alpha value is -2.98. The van der Waals surface area contributed by atoms with E-state index < -0.39 is 21.7 Å². The molecule has 2 aromatic carbocycles. The van der Waals surface area contributed by atoms with Crippen molar-refractivity contribution < 1.29 is 27.5 Å². The molecule has 0 atom stereocenters. The fraction of sp³-hybridized carbons (Fsp3) is 0.250. The van der Waals surface area contributed by atoms with Gasteiger partial charge in [0.05, 0.1) is 40.6 Å². The third-order valence-electron chi connectivity index (χ3n) is 4.43. The summed E-state index contributed by atoms with van der Waals surface area (Å²) in [6.07, 6.45) is 0. The van der Waals surface area contributed by atoms with Crippen molar-refractivity contribution in [2.24, 2.45) is 4.99 Å². The molecule has 1 aromatic heterocycles. The first-order valence-electron chi connectivity index (χ1n) is 8.95. The molecule has 0 spiro atoms. The molecule has 10 heteroatoms. The van der Waals surface area contributed by atoms with E-state index in [9.17, 15) is 18.0 Å². The average Bonchev–Trinajstić information content (AvgIpc) is 3.09. The van der Waals surface area contributed by atoms with Crippen LogP contribution in [-0.4, -0.2) is 44.8 Å². The fourth-order valence-electron chi connectivity index (χ4n) is 2.83. The van der Waals surface area contributed by atoms with E-state index in [1.807, 2.05) is 0 Å². The zero-order valence-electron chi connectivity index (χ0n) is 16.6. The van der Waals surface area contributed by atoms with Crippen molar-refractivity contribution in [3.05, 3.63) is 52.8 Å². The van der Waals surface area contributed by atoms with Crippen LogP contribution in [0.4, 0.5) is 0 Å². The fourth-order valence-corrected chi connectivity index (χ4v) is 4.97. The zero-order valence-corrected chi connectivity index (χ0v) is 18.2. The van der Waals surface area contributed by atoms with Gasteiger partial charge in [0.1, 0.15) is 12.3 Å². The van der Waals surface area contributed by atoms with E-state index in [2.05, 4.69) is 4.99 Å². The van der Waals surface area contributed by atoms with E-state index in [1.165, 1.54) is 44.6 Å². The summed E-state index contributed by atoms with van der Waals surface area (Å²) >= 11 is 1.19. The summed E-state index contributed by atoms with van der Waals surface area (Å²) in [6.45, 7) is 1.36. The number of carbonyl (C=O) groups is 2. The van der Waals surface area contributed by atoms with Gasteiger partial charge in [-0.1, -0.05) is 30.4 Å². The topological polar surface area (TPSA) is 104 Å². The molecule has 0 saturated carbocycles. The predicted molar refractivity (Wildman–Crippen MR) is 112 cm³/mol. The highest BCUT2D eigenvalue weighted by Crippen LogP contribution is 2.24. The van der Waals surface area contributed by atoms with Crippen molar-refractivity contribution in [2.75, 3.05) is 20.0 Å². The summed E-state index contributed by atoms with van der Waals surface area (Å²) in [4.78, 5) is 29.2. The molecule has 0 N–H and O–H groups in total. The van der Waals surface area contributed by atoms with Gasteiger partial charge < -0.3 is 14.0 Å². The Morgan fingerprint density at radius 1 is 1.13 bits per heavy atom. The van der Waals surface area contributed by atoms with Crippen LogP contribution in [0.1, 0.15) is 17.3 Å². The van der Waals surface area contributed by atoms with Crippen LogP contribution in [0.25, 0.3) is 10.2 Å². The van der Waals surface area contributed by atoms with Crippen molar-refractivity contribution in [3.8, 4) is 5.75 Å². The number of methoxy groups -OCH3 is 2. The molecule has 0 unspecified atom stereocenters. The Morgan fingerprint density at radius 3 is 2.53 bits per heavy atom. The maximum Gasteiger partial charge on any atom is 0.325 e. The van der Waals surface area contributed by atoms with Crippen LogP contribution in [0.3, 0.4) is 0 Å². The summed E-state index contributed by atoms with van der Waals surface area (Å²) in [7, 11) is -0.797. The molecule has 3 rings (SSSR count). The molecule has 1 amide bonds. The van der Waals surface area contributed by atoms with Crippen molar-refractivity contribution in [3.63, 3.8) is 0 Å². The number of ether oxygens (including phenoxy) is 2. The van der Waals surface area contributed by atoms with Gasteiger partial charge in [0.2, 0.25) is 0 Å². The van der Waals surface area contributed by atoms with Crippen molar-refractivity contribution in [1.82, 2.24) is 4.57 Å². The van der Waals surface area contributed by atoms with Gasteiger partial charge >= 0.3 is 5.97 Å². The zero-order chi connectivity index (χ0) is 21.9. The molecule has 0 bridgehead atoms. The highest BCUT2D eigenvalue weighted by Gasteiger charge is 2.21.